The average Bonchev–Trinajstić information content (AvgIpc) is 3.24. The number of carbonyl (C=O) groups excluding carboxylic acids is 2. The van der Waals surface area contributed by atoms with E-state index in [1.165, 1.54) is 11.8 Å². The zero-order valence-electron chi connectivity index (χ0n) is 21.3. The van der Waals surface area contributed by atoms with Gasteiger partial charge >= 0.3 is 0 Å². The summed E-state index contributed by atoms with van der Waals surface area (Å²) in [5, 5.41) is 12.3. The summed E-state index contributed by atoms with van der Waals surface area (Å²) in [5.41, 5.74) is -0.943. The summed E-state index contributed by atoms with van der Waals surface area (Å²) in [7, 11) is 0. The van der Waals surface area contributed by atoms with Crippen LogP contribution in [0.2, 0.25) is 0 Å². The van der Waals surface area contributed by atoms with Crippen LogP contribution in [0.4, 0.5) is 0 Å². The number of hydrogen-bond acceptors (Lipinski definition) is 8. The number of aliphatic hydroxyl groups excluding tert-OH is 1. The van der Waals surface area contributed by atoms with Gasteiger partial charge in [0.15, 0.2) is 28.1 Å². The number of allylic oxidation sites excluding steroid dienone is 4. The van der Waals surface area contributed by atoms with E-state index in [9.17, 15) is 14.7 Å². The van der Waals surface area contributed by atoms with Crippen LogP contribution in [-0.4, -0.2) is 56.0 Å². The Kier molecular flexibility index (Phi) is 5.48. The number of Topliss-reactive ketones (excluding diaryl/α,β-unsaturated/α-hetero) is 1. The van der Waals surface area contributed by atoms with Gasteiger partial charge in [-0.2, -0.15) is 0 Å². The molecule has 2 heterocycles. The first-order valence-corrected chi connectivity index (χ1v) is 13.9. The van der Waals surface area contributed by atoms with Crippen LogP contribution in [0.1, 0.15) is 53.4 Å². The number of ether oxygens (including phenoxy) is 2. The molecule has 3 saturated carbocycles. The van der Waals surface area contributed by atoms with Crippen molar-refractivity contribution in [2.24, 2.45) is 28.6 Å². The minimum absolute atomic E-state index is 0.00833. The van der Waals surface area contributed by atoms with E-state index in [-0.39, 0.29) is 46.6 Å². The van der Waals surface area contributed by atoms with E-state index in [2.05, 4.69) is 23.8 Å². The SMILES string of the molecule is CC1(C)O[C@@H]2CC3C4CCC5=CC(=O)C=CC5(C)C4[C@@H](O)CC3(C)[C@]2(C(=O)CSc2ncccn2)O1. The fourth-order valence-corrected chi connectivity index (χ4v) is 9.26. The largest absolute Gasteiger partial charge is 0.393 e. The minimum Gasteiger partial charge on any atom is -0.393 e. The first-order valence-electron chi connectivity index (χ1n) is 12.9. The van der Waals surface area contributed by atoms with E-state index >= 15 is 0 Å². The molecule has 36 heavy (non-hydrogen) atoms. The molecule has 0 radical (unpaired) electrons. The van der Waals surface area contributed by atoms with Crippen LogP contribution in [0.25, 0.3) is 0 Å². The summed E-state index contributed by atoms with van der Waals surface area (Å²) in [6.07, 6.45) is 10.7. The van der Waals surface area contributed by atoms with Crippen molar-refractivity contribution < 1.29 is 24.2 Å². The predicted molar refractivity (Wildman–Crippen MR) is 134 cm³/mol. The molecule has 5 unspecified atom stereocenters. The second-order valence-corrected chi connectivity index (χ2v) is 13.0. The monoisotopic (exact) mass is 510 g/mol. The molecule has 4 aliphatic carbocycles. The molecule has 4 fully saturated rings. The Morgan fingerprint density at radius 2 is 1.97 bits per heavy atom. The Hall–Kier alpha value is -1.87. The Labute approximate surface area is 216 Å². The van der Waals surface area contributed by atoms with Crippen molar-refractivity contribution in [1.29, 1.82) is 0 Å². The molecule has 192 valence electrons. The smallest absolute Gasteiger partial charge is 0.187 e. The van der Waals surface area contributed by atoms with Gasteiger partial charge in [-0.3, -0.25) is 9.59 Å². The van der Waals surface area contributed by atoms with Crippen molar-refractivity contribution in [1.82, 2.24) is 9.97 Å². The zero-order chi connectivity index (χ0) is 25.5. The molecule has 1 aromatic heterocycles. The van der Waals surface area contributed by atoms with Crippen LogP contribution in [0.15, 0.2) is 47.4 Å². The second-order valence-electron chi connectivity index (χ2n) is 12.0. The highest BCUT2D eigenvalue weighted by Gasteiger charge is 2.76. The van der Waals surface area contributed by atoms with Crippen LogP contribution in [-0.2, 0) is 19.1 Å². The number of thioether (sulfide) groups is 1. The number of carbonyl (C=O) groups is 2. The second kappa shape index (κ2) is 8.06. The molecule has 0 aromatic carbocycles. The third kappa shape index (κ3) is 3.30. The van der Waals surface area contributed by atoms with Crippen LogP contribution in [0, 0.1) is 28.6 Å². The Balaban J connectivity index is 1.36. The quantitative estimate of drug-likeness (QED) is 0.481. The maximum absolute atomic E-state index is 14.1. The van der Waals surface area contributed by atoms with Crippen molar-refractivity contribution in [3.63, 3.8) is 0 Å². The lowest BCUT2D eigenvalue weighted by Gasteiger charge is -2.60. The topological polar surface area (TPSA) is 98.6 Å². The first kappa shape index (κ1) is 24.5. The van der Waals surface area contributed by atoms with Gasteiger partial charge in [0.1, 0.15) is 0 Å². The lowest BCUT2D eigenvalue weighted by molar-refractivity contribution is -0.223. The summed E-state index contributed by atoms with van der Waals surface area (Å²) >= 11 is 1.32. The van der Waals surface area contributed by atoms with Crippen molar-refractivity contribution in [3.8, 4) is 0 Å². The summed E-state index contributed by atoms with van der Waals surface area (Å²) in [6.45, 7) is 8.04. The fourth-order valence-electron chi connectivity index (χ4n) is 8.52. The number of hydrogen-bond donors (Lipinski definition) is 1. The molecule has 1 N–H and O–H groups in total. The Morgan fingerprint density at radius 1 is 1.22 bits per heavy atom. The zero-order valence-corrected chi connectivity index (χ0v) is 22.1. The van der Waals surface area contributed by atoms with Gasteiger partial charge in [-0.15, -0.1) is 0 Å². The van der Waals surface area contributed by atoms with Gasteiger partial charge in [-0.05, 0) is 69.6 Å². The highest BCUT2D eigenvalue weighted by atomic mass is 32.2. The van der Waals surface area contributed by atoms with Gasteiger partial charge < -0.3 is 14.6 Å². The number of aromatic nitrogens is 2. The molecule has 0 amide bonds. The van der Waals surface area contributed by atoms with E-state index in [1.807, 2.05) is 19.9 Å². The van der Waals surface area contributed by atoms with E-state index in [1.54, 1.807) is 30.6 Å². The highest BCUT2D eigenvalue weighted by Crippen LogP contribution is 2.70. The number of nitrogens with zero attached hydrogens (tertiary/aromatic N) is 2. The van der Waals surface area contributed by atoms with Gasteiger partial charge in [-0.1, -0.05) is 37.3 Å². The van der Waals surface area contributed by atoms with Crippen LogP contribution in [0.3, 0.4) is 0 Å². The molecule has 1 saturated heterocycles. The molecule has 0 spiro atoms. The van der Waals surface area contributed by atoms with Crippen molar-refractivity contribution >= 4 is 23.3 Å². The summed E-state index contributed by atoms with van der Waals surface area (Å²) in [4.78, 5) is 34.8. The van der Waals surface area contributed by atoms with E-state index < -0.39 is 22.9 Å². The Morgan fingerprint density at radius 3 is 2.72 bits per heavy atom. The third-order valence-electron chi connectivity index (χ3n) is 9.78. The highest BCUT2D eigenvalue weighted by molar-refractivity contribution is 7.99. The van der Waals surface area contributed by atoms with Crippen LogP contribution < -0.4 is 0 Å². The number of aliphatic hydroxyl groups is 1. The summed E-state index contributed by atoms with van der Waals surface area (Å²) in [6, 6.07) is 1.75. The minimum atomic E-state index is -1.13. The molecule has 1 aliphatic heterocycles. The third-order valence-corrected chi connectivity index (χ3v) is 10.7. The molecular weight excluding hydrogens is 476 g/mol. The van der Waals surface area contributed by atoms with Crippen molar-refractivity contribution in [2.45, 2.75) is 82.1 Å². The molecule has 0 bridgehead atoms. The Bertz CT molecular complexity index is 1170. The van der Waals surface area contributed by atoms with Gasteiger partial charge in [0, 0.05) is 29.1 Å². The molecule has 6 rings (SSSR count). The van der Waals surface area contributed by atoms with Crippen molar-refractivity contribution in [3.05, 3.63) is 42.3 Å². The predicted octanol–water partition coefficient (Wildman–Crippen LogP) is 3.92. The molecule has 8 atom stereocenters. The van der Waals surface area contributed by atoms with E-state index in [0.29, 0.717) is 11.6 Å². The summed E-state index contributed by atoms with van der Waals surface area (Å²) < 4.78 is 13.1. The lowest BCUT2D eigenvalue weighted by atomic mass is 9.46. The van der Waals surface area contributed by atoms with Crippen molar-refractivity contribution in [2.75, 3.05) is 5.75 Å². The molecule has 5 aliphatic rings. The lowest BCUT2D eigenvalue weighted by Crippen LogP contribution is -2.63. The standard InChI is InChI=1S/C28H34N2O5S/c1-25(2)34-22-13-19-18-7-6-16-12-17(31)8-9-26(16,3)23(18)20(32)14-27(19,4)28(22,35-25)21(33)15-36-24-29-10-5-11-30-24/h5,8-12,18-20,22-23,32H,6-7,13-15H2,1-4H3/t18?,19?,20-,22+,23?,26?,27?,28+/m0/s1. The average molecular weight is 511 g/mol. The maximum Gasteiger partial charge on any atom is 0.187 e. The van der Waals surface area contributed by atoms with Gasteiger partial charge in [0.25, 0.3) is 0 Å². The van der Waals surface area contributed by atoms with Gasteiger partial charge in [0.2, 0.25) is 0 Å². The number of rotatable bonds is 4. The fraction of sp³-hybridized carbons (Fsp3) is 0.643. The first-order chi connectivity index (χ1) is 17.0. The molecule has 1 aromatic rings. The molecule has 7 nitrogen and oxygen atoms in total. The maximum atomic E-state index is 14.1. The summed E-state index contributed by atoms with van der Waals surface area (Å²) in [5.74, 6) is -0.331. The van der Waals surface area contributed by atoms with Crippen LogP contribution >= 0.6 is 11.8 Å². The van der Waals surface area contributed by atoms with Gasteiger partial charge in [-0.25, -0.2) is 9.97 Å². The number of fused-ring (bicyclic) bond motifs is 7. The molecular formula is C28H34N2O5S. The number of ketones is 2. The van der Waals surface area contributed by atoms with E-state index in [0.717, 1.165) is 24.8 Å². The van der Waals surface area contributed by atoms with Crippen LogP contribution in [0.5, 0.6) is 0 Å². The molecule has 8 heteroatoms. The normalized spacial score (nSPS) is 44.3. The van der Waals surface area contributed by atoms with E-state index in [4.69, 9.17) is 9.47 Å². The van der Waals surface area contributed by atoms with Gasteiger partial charge in [0.05, 0.1) is 18.0 Å².